The van der Waals surface area contributed by atoms with E-state index < -0.39 is 0 Å². The number of aromatic nitrogens is 1. The van der Waals surface area contributed by atoms with Gasteiger partial charge in [0, 0.05) is 17.5 Å². The summed E-state index contributed by atoms with van der Waals surface area (Å²) in [4.78, 5) is 4.54. The van der Waals surface area contributed by atoms with Gasteiger partial charge in [0.1, 0.15) is 13.2 Å². The van der Waals surface area contributed by atoms with Gasteiger partial charge in [-0.3, -0.25) is 4.98 Å². The Kier molecular flexibility index (Phi) is 17.2. The van der Waals surface area contributed by atoms with Crippen molar-refractivity contribution in [2.45, 2.75) is 150 Å². The third kappa shape index (κ3) is 13.2. The molecule has 0 spiro atoms. The van der Waals surface area contributed by atoms with Crippen molar-refractivity contribution in [3.05, 3.63) is 135 Å². The van der Waals surface area contributed by atoms with Crippen molar-refractivity contribution in [2.24, 2.45) is 0 Å². The van der Waals surface area contributed by atoms with Crippen LogP contribution in [0.5, 0.6) is 34.5 Å². The van der Waals surface area contributed by atoms with E-state index in [4.69, 9.17) is 28.4 Å². The average Bonchev–Trinajstić information content (AvgIpc) is 3.99. The lowest BCUT2D eigenvalue weighted by molar-refractivity contribution is 0.171. The maximum Gasteiger partial charge on any atom is 0.231 e. The van der Waals surface area contributed by atoms with Crippen LogP contribution < -0.4 is 28.4 Å². The number of fused-ring (bicyclic) bond motifs is 5. The van der Waals surface area contributed by atoms with Crippen LogP contribution in [0.2, 0.25) is 0 Å². The number of hydrogen-bond donors (Lipinski definition) is 0. The Morgan fingerprint density at radius 1 is 0.397 bits per heavy atom. The van der Waals surface area contributed by atoms with Crippen molar-refractivity contribution in [1.82, 2.24) is 4.98 Å². The molecule has 0 fully saturated rings. The lowest BCUT2D eigenvalue weighted by Crippen LogP contribution is -2.15. The van der Waals surface area contributed by atoms with E-state index in [1.54, 1.807) is 11.1 Å². The van der Waals surface area contributed by atoms with E-state index in [0.29, 0.717) is 56.4 Å². The minimum atomic E-state index is 0.358. The SMILES string of the molecule is CC(C)c1ccc2c(c1)CCCC2.CC(C)c1ccc2c(c1)OCCO2.CC(C)c1ccc2c(c1)OCO2.CC(C)c1cccc2c1OCO2.CC(C)c1cnc2c(c1)CCCC2. The number of ether oxygens (including phenoxy) is 6. The lowest BCUT2D eigenvalue weighted by Gasteiger charge is -2.19. The number of para-hydroxylation sites is 1. The van der Waals surface area contributed by atoms with Gasteiger partial charge in [-0.25, -0.2) is 0 Å². The molecule has 7 nitrogen and oxygen atoms in total. The zero-order chi connectivity index (χ0) is 44.9. The summed E-state index contributed by atoms with van der Waals surface area (Å²) in [7, 11) is 0. The Morgan fingerprint density at radius 2 is 0.889 bits per heavy atom. The van der Waals surface area contributed by atoms with Crippen molar-refractivity contribution in [1.29, 1.82) is 0 Å². The summed E-state index contributed by atoms with van der Waals surface area (Å²) in [6.45, 7) is 24.0. The quantitative estimate of drug-likeness (QED) is 0.174. The molecule has 4 aromatic carbocycles. The van der Waals surface area contributed by atoms with Crippen LogP contribution in [-0.2, 0) is 25.7 Å². The summed E-state index contributed by atoms with van der Waals surface area (Å²) < 4.78 is 32.0. The molecule has 0 unspecified atom stereocenters. The number of nitrogens with zero attached hydrogens (tertiary/aromatic N) is 1. The topological polar surface area (TPSA) is 68.3 Å². The second-order valence-corrected chi connectivity index (χ2v) is 18.7. The first-order chi connectivity index (χ1) is 30.4. The molecule has 0 saturated carbocycles. The van der Waals surface area contributed by atoms with Gasteiger partial charge in [-0.05, 0) is 150 Å². The molecule has 0 saturated heterocycles. The summed E-state index contributed by atoms with van der Waals surface area (Å²) in [5.41, 5.74) is 12.7. The Bertz CT molecular complexity index is 2070. The Balaban J connectivity index is 0.000000131. The first-order valence-electron chi connectivity index (χ1n) is 23.6. The van der Waals surface area contributed by atoms with Gasteiger partial charge in [-0.15, -0.1) is 0 Å². The van der Waals surface area contributed by atoms with Gasteiger partial charge >= 0.3 is 0 Å². The first kappa shape index (κ1) is 47.3. The summed E-state index contributed by atoms with van der Waals surface area (Å²) in [5, 5.41) is 0. The highest BCUT2D eigenvalue weighted by molar-refractivity contribution is 5.49. The van der Waals surface area contributed by atoms with Crippen LogP contribution in [0.3, 0.4) is 0 Å². The Hall–Kier alpha value is -5.17. The molecule has 0 atom stereocenters. The second kappa shape index (κ2) is 23.0. The van der Waals surface area contributed by atoms with Crippen molar-refractivity contribution in [3.8, 4) is 34.5 Å². The monoisotopic (exact) mass is 856 g/mol. The molecule has 4 heterocycles. The molecular formula is C56H73NO6. The summed E-state index contributed by atoms with van der Waals surface area (Å²) in [5.74, 6) is 8.14. The van der Waals surface area contributed by atoms with Gasteiger partial charge in [-0.2, -0.15) is 0 Å². The van der Waals surface area contributed by atoms with Crippen LogP contribution in [0.15, 0.2) is 85.1 Å². The van der Waals surface area contributed by atoms with Gasteiger partial charge in [0.05, 0.1) is 0 Å². The lowest BCUT2D eigenvalue weighted by atomic mass is 9.88. The number of aryl methyl sites for hydroxylation is 4. The number of rotatable bonds is 5. The molecule has 2 aliphatic carbocycles. The summed E-state index contributed by atoms with van der Waals surface area (Å²) in [6, 6.07) is 27.7. The summed E-state index contributed by atoms with van der Waals surface area (Å²) >= 11 is 0. The molecule has 0 bridgehead atoms. The maximum absolute atomic E-state index is 5.49. The molecule has 7 heteroatoms. The fourth-order valence-corrected chi connectivity index (χ4v) is 8.13. The molecule has 5 aromatic rings. The van der Waals surface area contributed by atoms with Crippen LogP contribution >= 0.6 is 0 Å². The van der Waals surface area contributed by atoms with Gasteiger partial charge in [0.2, 0.25) is 13.6 Å². The van der Waals surface area contributed by atoms with Crippen molar-refractivity contribution in [2.75, 3.05) is 26.8 Å². The molecule has 0 N–H and O–H groups in total. The summed E-state index contributed by atoms with van der Waals surface area (Å²) in [6.07, 6.45) is 12.5. The van der Waals surface area contributed by atoms with Gasteiger partial charge < -0.3 is 28.4 Å². The van der Waals surface area contributed by atoms with Crippen LogP contribution in [0, 0.1) is 0 Å². The fraction of sp³-hybridized carbons (Fsp3) is 0.482. The fourth-order valence-electron chi connectivity index (χ4n) is 8.13. The molecule has 3 aliphatic heterocycles. The zero-order valence-corrected chi connectivity index (χ0v) is 39.9. The number of benzene rings is 4. The van der Waals surface area contributed by atoms with E-state index in [1.165, 1.54) is 90.4 Å². The third-order valence-electron chi connectivity index (χ3n) is 12.2. The average molecular weight is 856 g/mol. The van der Waals surface area contributed by atoms with Crippen LogP contribution in [0.25, 0.3) is 0 Å². The van der Waals surface area contributed by atoms with E-state index >= 15 is 0 Å². The number of hydrogen-bond acceptors (Lipinski definition) is 7. The minimum Gasteiger partial charge on any atom is -0.486 e. The van der Waals surface area contributed by atoms with Crippen LogP contribution in [0.4, 0.5) is 0 Å². The molecular weight excluding hydrogens is 783 g/mol. The van der Waals surface area contributed by atoms with Crippen LogP contribution in [-0.4, -0.2) is 31.8 Å². The molecule has 338 valence electrons. The zero-order valence-electron chi connectivity index (χ0n) is 39.9. The predicted molar refractivity (Wildman–Crippen MR) is 257 cm³/mol. The van der Waals surface area contributed by atoms with E-state index in [0.717, 1.165) is 34.5 Å². The van der Waals surface area contributed by atoms with Crippen molar-refractivity contribution in [3.63, 3.8) is 0 Å². The van der Waals surface area contributed by atoms with E-state index in [1.807, 2.05) is 30.3 Å². The van der Waals surface area contributed by atoms with E-state index in [9.17, 15) is 0 Å². The maximum atomic E-state index is 5.49. The molecule has 10 rings (SSSR count). The van der Waals surface area contributed by atoms with Gasteiger partial charge in [0.15, 0.2) is 34.5 Å². The van der Waals surface area contributed by atoms with Crippen LogP contribution in [0.1, 0.15) is 175 Å². The highest BCUT2D eigenvalue weighted by atomic mass is 16.7. The highest BCUT2D eigenvalue weighted by Gasteiger charge is 2.19. The predicted octanol–water partition coefficient (Wildman–Crippen LogP) is 14.4. The normalized spacial score (nSPS) is 14.9. The highest BCUT2D eigenvalue weighted by Crippen LogP contribution is 2.39. The Morgan fingerprint density at radius 3 is 1.54 bits per heavy atom. The largest absolute Gasteiger partial charge is 0.486 e. The molecule has 5 aliphatic rings. The standard InChI is InChI=1S/C13H18.C12H17N.C11H14O2.2C10H12O2/c1-10(2)12-8-7-11-5-3-4-6-13(11)9-12;1-9(2)11-7-10-5-3-4-6-12(10)13-8-11;1-8(2)9-3-4-10-11(7-9)13-6-5-12-10;1-7(2)8-3-4-9-10(5-8)12-6-11-9;1-7(2)8-4-3-5-9-10(8)12-6-11-9/h7-10H,3-6H2,1-2H3;7-9H,3-6H2,1-2H3;3-4,7-8H,5-6H2,1-2H3;2*3-5,7H,6H2,1-2H3. The molecule has 0 amide bonds. The second-order valence-electron chi connectivity index (χ2n) is 18.7. The van der Waals surface area contributed by atoms with Gasteiger partial charge in [-0.1, -0.05) is 118 Å². The smallest absolute Gasteiger partial charge is 0.231 e. The first-order valence-corrected chi connectivity index (χ1v) is 23.6. The molecule has 1 aromatic heterocycles. The van der Waals surface area contributed by atoms with E-state index in [2.05, 4.69) is 129 Å². The Labute approximate surface area is 378 Å². The van der Waals surface area contributed by atoms with E-state index in [-0.39, 0.29) is 0 Å². The molecule has 63 heavy (non-hydrogen) atoms. The van der Waals surface area contributed by atoms with Crippen molar-refractivity contribution < 1.29 is 28.4 Å². The van der Waals surface area contributed by atoms with Crippen molar-refractivity contribution >= 4 is 0 Å². The number of pyridine rings is 1. The van der Waals surface area contributed by atoms with Gasteiger partial charge in [0.25, 0.3) is 0 Å². The third-order valence-corrected chi connectivity index (χ3v) is 12.2. The minimum absolute atomic E-state index is 0.358. The molecule has 0 radical (unpaired) electrons.